The van der Waals surface area contributed by atoms with Crippen LogP contribution in [-0.4, -0.2) is 38.6 Å². The highest BCUT2D eigenvalue weighted by Crippen LogP contribution is 2.29. The largest absolute Gasteiger partial charge is 0.408 e. The van der Waals surface area contributed by atoms with Crippen LogP contribution in [0, 0.1) is 5.82 Å². The SMILES string of the molecule is CC[C@@H](NC(=O)c1cc(-c2csc(C(=O)NCc3ccc(F)cc3)c2)cn2nc(N)nc12)C(F)(F)F. The number of nitrogen functional groups attached to an aromatic ring is 1. The van der Waals surface area contributed by atoms with E-state index in [9.17, 15) is 27.2 Å². The molecule has 0 fully saturated rings. The Kier molecular flexibility index (Phi) is 6.93. The lowest BCUT2D eigenvalue weighted by Gasteiger charge is -2.20. The molecule has 0 aliphatic rings. The van der Waals surface area contributed by atoms with E-state index in [2.05, 4.69) is 15.4 Å². The van der Waals surface area contributed by atoms with Crippen LogP contribution < -0.4 is 16.4 Å². The zero-order valence-corrected chi connectivity index (χ0v) is 19.6. The van der Waals surface area contributed by atoms with Gasteiger partial charge in [-0.25, -0.2) is 8.91 Å². The van der Waals surface area contributed by atoms with Gasteiger partial charge in [0.2, 0.25) is 5.95 Å². The van der Waals surface area contributed by atoms with Crippen molar-refractivity contribution in [3.8, 4) is 11.1 Å². The van der Waals surface area contributed by atoms with Crippen LogP contribution in [-0.2, 0) is 6.54 Å². The summed E-state index contributed by atoms with van der Waals surface area (Å²) >= 11 is 1.14. The minimum absolute atomic E-state index is 0.00160. The number of nitrogens with one attached hydrogen (secondary N) is 2. The number of amides is 2. The number of pyridine rings is 1. The smallest absolute Gasteiger partial charge is 0.366 e. The van der Waals surface area contributed by atoms with Crippen molar-refractivity contribution < 1.29 is 27.2 Å². The lowest BCUT2D eigenvalue weighted by Crippen LogP contribution is -2.45. The average Bonchev–Trinajstić information content (AvgIpc) is 3.46. The Morgan fingerprint density at radius 3 is 2.53 bits per heavy atom. The third kappa shape index (κ3) is 5.46. The van der Waals surface area contributed by atoms with Crippen LogP contribution in [0.4, 0.5) is 23.5 Å². The van der Waals surface area contributed by atoms with E-state index in [0.29, 0.717) is 16.0 Å². The van der Waals surface area contributed by atoms with Gasteiger partial charge in [-0.05, 0) is 47.2 Å². The van der Waals surface area contributed by atoms with E-state index in [1.54, 1.807) is 23.6 Å². The van der Waals surface area contributed by atoms with E-state index in [1.165, 1.54) is 35.8 Å². The molecule has 0 saturated heterocycles. The molecule has 4 N–H and O–H groups in total. The summed E-state index contributed by atoms with van der Waals surface area (Å²) in [5.41, 5.74) is 7.19. The highest BCUT2D eigenvalue weighted by atomic mass is 32.1. The number of hydrogen-bond acceptors (Lipinski definition) is 6. The van der Waals surface area contributed by atoms with E-state index in [-0.39, 0.29) is 41.8 Å². The average molecular weight is 521 g/mol. The van der Waals surface area contributed by atoms with Crippen LogP contribution in [0.25, 0.3) is 16.8 Å². The molecule has 1 atom stereocenters. The first kappa shape index (κ1) is 25.1. The molecule has 188 valence electrons. The molecule has 3 heterocycles. The monoisotopic (exact) mass is 520 g/mol. The Hall–Kier alpha value is -4.00. The molecule has 0 spiro atoms. The molecule has 0 unspecified atom stereocenters. The number of alkyl halides is 3. The molecular weight excluding hydrogens is 500 g/mol. The first-order valence-electron chi connectivity index (χ1n) is 10.7. The number of fused-ring (bicyclic) bond motifs is 1. The van der Waals surface area contributed by atoms with Crippen LogP contribution >= 0.6 is 11.3 Å². The van der Waals surface area contributed by atoms with Gasteiger partial charge in [-0.3, -0.25) is 9.59 Å². The molecule has 1 aromatic carbocycles. The zero-order valence-electron chi connectivity index (χ0n) is 18.8. The first-order valence-corrected chi connectivity index (χ1v) is 11.6. The quantitative estimate of drug-likeness (QED) is 0.317. The molecule has 0 radical (unpaired) electrons. The van der Waals surface area contributed by atoms with Crippen molar-refractivity contribution in [2.45, 2.75) is 32.1 Å². The molecule has 8 nitrogen and oxygen atoms in total. The maximum atomic E-state index is 13.2. The summed E-state index contributed by atoms with van der Waals surface area (Å²) in [5, 5.41) is 10.4. The van der Waals surface area contributed by atoms with Gasteiger partial charge in [0.15, 0.2) is 5.65 Å². The van der Waals surface area contributed by atoms with Crippen LogP contribution in [0.3, 0.4) is 0 Å². The highest BCUT2D eigenvalue weighted by Gasteiger charge is 2.39. The number of carbonyl (C=O) groups is 2. The number of nitrogens with zero attached hydrogens (tertiary/aromatic N) is 3. The second-order valence-electron chi connectivity index (χ2n) is 7.87. The van der Waals surface area contributed by atoms with Crippen molar-refractivity contribution in [1.29, 1.82) is 0 Å². The number of carbonyl (C=O) groups excluding carboxylic acids is 2. The first-order chi connectivity index (χ1) is 17.0. The summed E-state index contributed by atoms with van der Waals surface area (Å²) in [7, 11) is 0. The molecule has 4 aromatic rings. The molecule has 3 aromatic heterocycles. The molecule has 0 bridgehead atoms. The van der Waals surface area contributed by atoms with Crippen molar-refractivity contribution in [3.05, 3.63) is 69.8 Å². The molecule has 36 heavy (non-hydrogen) atoms. The van der Waals surface area contributed by atoms with Gasteiger partial charge in [-0.15, -0.1) is 16.4 Å². The van der Waals surface area contributed by atoms with Gasteiger partial charge in [0.1, 0.15) is 11.9 Å². The van der Waals surface area contributed by atoms with Gasteiger partial charge in [-0.2, -0.15) is 18.2 Å². The van der Waals surface area contributed by atoms with Crippen LogP contribution in [0.2, 0.25) is 0 Å². The molecule has 13 heteroatoms. The number of hydrogen-bond donors (Lipinski definition) is 3. The van der Waals surface area contributed by atoms with E-state index in [1.807, 2.05) is 5.32 Å². The lowest BCUT2D eigenvalue weighted by atomic mass is 10.1. The second kappa shape index (κ2) is 9.93. The third-order valence-electron chi connectivity index (χ3n) is 5.33. The van der Waals surface area contributed by atoms with Crippen molar-refractivity contribution in [3.63, 3.8) is 0 Å². The summed E-state index contributed by atoms with van der Waals surface area (Å²) in [6.07, 6.45) is -3.45. The van der Waals surface area contributed by atoms with Gasteiger partial charge in [0.05, 0.1) is 10.4 Å². The van der Waals surface area contributed by atoms with Crippen LogP contribution in [0.5, 0.6) is 0 Å². The fourth-order valence-electron chi connectivity index (χ4n) is 3.46. The van der Waals surface area contributed by atoms with Gasteiger partial charge < -0.3 is 16.4 Å². The summed E-state index contributed by atoms with van der Waals surface area (Å²) in [6.45, 7) is 1.51. The van der Waals surface area contributed by atoms with E-state index >= 15 is 0 Å². The fraction of sp³-hybridized carbons (Fsp3) is 0.217. The van der Waals surface area contributed by atoms with Gasteiger partial charge in [0.25, 0.3) is 11.8 Å². The summed E-state index contributed by atoms with van der Waals surface area (Å²) in [6, 6.07) is 6.63. The maximum Gasteiger partial charge on any atom is 0.408 e. The number of nitrogens with two attached hydrogens (primary N) is 1. The van der Waals surface area contributed by atoms with Crippen molar-refractivity contribution in [2.75, 3.05) is 5.73 Å². The Bertz CT molecular complexity index is 1410. The van der Waals surface area contributed by atoms with Crippen molar-refractivity contribution in [1.82, 2.24) is 25.2 Å². The van der Waals surface area contributed by atoms with E-state index in [0.717, 1.165) is 16.9 Å². The number of rotatable bonds is 7. The van der Waals surface area contributed by atoms with Crippen LogP contribution in [0.1, 0.15) is 38.9 Å². The Balaban J connectivity index is 1.59. The summed E-state index contributed by atoms with van der Waals surface area (Å²) < 4.78 is 53.9. The predicted octanol–water partition coefficient (Wildman–Crippen LogP) is 4.18. The van der Waals surface area contributed by atoms with E-state index in [4.69, 9.17) is 5.73 Å². The molecule has 0 aliphatic heterocycles. The molecule has 0 aliphatic carbocycles. The normalized spacial score (nSPS) is 12.5. The highest BCUT2D eigenvalue weighted by molar-refractivity contribution is 7.12. The maximum absolute atomic E-state index is 13.2. The van der Waals surface area contributed by atoms with Crippen molar-refractivity contribution in [2.24, 2.45) is 0 Å². The Morgan fingerprint density at radius 2 is 1.86 bits per heavy atom. The summed E-state index contributed by atoms with van der Waals surface area (Å²) in [5.74, 6) is -1.88. The topological polar surface area (TPSA) is 114 Å². The standard InChI is InChI=1S/C23H20F4N6O2S/c1-2-18(23(25,26)27)30-20(34)16-7-13(10-33-19(16)31-22(28)32-33)14-8-17(36-11-14)21(35)29-9-12-3-5-15(24)6-4-12/h3-8,10-11,18H,2,9H2,1H3,(H2,28,32)(H,29,35)(H,30,34)/t18-/m1/s1. The second-order valence-corrected chi connectivity index (χ2v) is 8.78. The lowest BCUT2D eigenvalue weighted by molar-refractivity contribution is -0.153. The van der Waals surface area contributed by atoms with Crippen molar-refractivity contribution >= 4 is 34.7 Å². The van der Waals surface area contributed by atoms with Crippen LogP contribution in [0.15, 0.2) is 48.0 Å². The Morgan fingerprint density at radius 1 is 1.14 bits per heavy atom. The zero-order chi connectivity index (χ0) is 26.0. The van der Waals surface area contributed by atoms with Gasteiger partial charge in [-0.1, -0.05) is 19.1 Å². The number of halogens is 4. The molecule has 0 saturated carbocycles. The van der Waals surface area contributed by atoms with Gasteiger partial charge >= 0.3 is 6.18 Å². The van der Waals surface area contributed by atoms with E-state index < -0.39 is 18.1 Å². The third-order valence-corrected chi connectivity index (χ3v) is 6.25. The predicted molar refractivity (Wildman–Crippen MR) is 126 cm³/mol. The Labute approximate surface area is 206 Å². The number of anilines is 1. The number of benzene rings is 1. The number of aromatic nitrogens is 3. The molecule has 2 amide bonds. The fourth-order valence-corrected chi connectivity index (χ4v) is 4.29. The van der Waals surface area contributed by atoms with Gasteiger partial charge in [0, 0.05) is 18.3 Å². The number of thiophene rings is 1. The molecular formula is C23H20F4N6O2S. The minimum atomic E-state index is -4.62. The summed E-state index contributed by atoms with van der Waals surface area (Å²) in [4.78, 5) is 29.7. The molecule has 4 rings (SSSR count). The minimum Gasteiger partial charge on any atom is -0.366 e.